The van der Waals surface area contributed by atoms with Gasteiger partial charge in [0.05, 0.1) is 14.2 Å². The predicted octanol–water partition coefficient (Wildman–Crippen LogP) is 1.25. The summed E-state index contributed by atoms with van der Waals surface area (Å²) in [6.07, 6.45) is 0.443. The highest BCUT2D eigenvalue weighted by molar-refractivity contribution is 5.79. The minimum atomic E-state index is -1.17. The summed E-state index contributed by atoms with van der Waals surface area (Å²) in [5, 5.41) is 9.23. The van der Waals surface area contributed by atoms with Gasteiger partial charge in [0.2, 0.25) is 0 Å². The van der Waals surface area contributed by atoms with E-state index in [1.807, 2.05) is 25.1 Å². The van der Waals surface area contributed by atoms with Gasteiger partial charge in [-0.1, -0.05) is 0 Å². The van der Waals surface area contributed by atoms with E-state index in [9.17, 15) is 9.90 Å². The van der Waals surface area contributed by atoms with Crippen LogP contribution in [-0.4, -0.2) is 48.8 Å². The minimum Gasteiger partial charge on any atom is -0.497 e. The molecule has 2 rings (SSSR count). The van der Waals surface area contributed by atoms with E-state index in [-0.39, 0.29) is 6.04 Å². The summed E-state index contributed by atoms with van der Waals surface area (Å²) >= 11 is 0. The lowest BCUT2D eigenvalue weighted by Gasteiger charge is -2.27. The number of aliphatic carboxylic acids is 1. The highest BCUT2D eigenvalue weighted by atomic mass is 16.5. The highest BCUT2D eigenvalue weighted by Gasteiger charge is 2.43. The third-order valence-corrected chi connectivity index (χ3v) is 4.19. The Bertz CT molecular complexity index is 534. The van der Waals surface area contributed by atoms with Crippen LogP contribution in [0.5, 0.6) is 11.5 Å². The quantitative estimate of drug-likeness (QED) is 0.850. The van der Waals surface area contributed by atoms with Crippen LogP contribution in [0.2, 0.25) is 0 Å². The summed E-state index contributed by atoms with van der Waals surface area (Å²) in [6, 6.07) is 5.61. The van der Waals surface area contributed by atoms with E-state index in [0.29, 0.717) is 19.5 Å². The number of likely N-dealkylation sites (tertiary alicyclic amines) is 1. The number of nitrogens with two attached hydrogens (primary N) is 1. The second-order valence-corrected chi connectivity index (χ2v) is 5.47. The van der Waals surface area contributed by atoms with Crippen molar-refractivity contribution in [2.45, 2.75) is 24.9 Å². The van der Waals surface area contributed by atoms with Gasteiger partial charge in [-0.2, -0.15) is 0 Å². The molecule has 1 fully saturated rings. The minimum absolute atomic E-state index is 0.000162. The molecule has 1 aliphatic heterocycles. The van der Waals surface area contributed by atoms with Crippen LogP contribution in [0.3, 0.4) is 0 Å². The van der Waals surface area contributed by atoms with E-state index < -0.39 is 11.5 Å². The molecule has 1 saturated heterocycles. The average molecular weight is 294 g/mol. The predicted molar refractivity (Wildman–Crippen MR) is 78.7 cm³/mol. The molecule has 0 amide bonds. The zero-order valence-corrected chi connectivity index (χ0v) is 12.6. The molecule has 21 heavy (non-hydrogen) atoms. The third-order valence-electron chi connectivity index (χ3n) is 4.19. The lowest BCUT2D eigenvalue weighted by molar-refractivity contribution is -0.142. The van der Waals surface area contributed by atoms with Crippen molar-refractivity contribution in [3.05, 3.63) is 23.8 Å². The van der Waals surface area contributed by atoms with E-state index in [1.54, 1.807) is 14.2 Å². The zero-order chi connectivity index (χ0) is 15.6. The number of carboxylic acid groups (broad SMARTS) is 1. The van der Waals surface area contributed by atoms with E-state index in [2.05, 4.69) is 4.90 Å². The maximum absolute atomic E-state index is 11.3. The normalized spacial score (nSPS) is 23.8. The Balaban J connectivity index is 2.24. The van der Waals surface area contributed by atoms with Crippen LogP contribution in [0.25, 0.3) is 0 Å². The van der Waals surface area contributed by atoms with E-state index in [1.165, 1.54) is 0 Å². The Morgan fingerprint density at radius 2 is 2.14 bits per heavy atom. The molecule has 0 aliphatic carbocycles. The monoisotopic (exact) mass is 294 g/mol. The van der Waals surface area contributed by atoms with Crippen LogP contribution in [0.1, 0.15) is 24.9 Å². The molecule has 1 heterocycles. The molecule has 2 unspecified atom stereocenters. The van der Waals surface area contributed by atoms with Gasteiger partial charge in [-0.05, 0) is 31.5 Å². The van der Waals surface area contributed by atoms with Crippen molar-refractivity contribution in [3.8, 4) is 11.5 Å². The second kappa shape index (κ2) is 5.91. The van der Waals surface area contributed by atoms with Crippen molar-refractivity contribution < 1.29 is 19.4 Å². The van der Waals surface area contributed by atoms with Crippen LogP contribution in [0.4, 0.5) is 0 Å². The summed E-state index contributed by atoms with van der Waals surface area (Å²) in [5.74, 6) is 0.553. The summed E-state index contributed by atoms with van der Waals surface area (Å²) in [6.45, 7) is 2.99. The number of methoxy groups -OCH3 is 2. The Labute approximate surface area is 124 Å². The number of carbonyl (C=O) groups is 1. The summed E-state index contributed by atoms with van der Waals surface area (Å²) in [4.78, 5) is 13.3. The lowest BCUT2D eigenvalue weighted by Crippen LogP contribution is -2.50. The first kappa shape index (κ1) is 15.6. The Kier molecular flexibility index (Phi) is 4.39. The Morgan fingerprint density at radius 3 is 2.67 bits per heavy atom. The summed E-state index contributed by atoms with van der Waals surface area (Å²) < 4.78 is 10.6. The lowest BCUT2D eigenvalue weighted by atomic mass is 10.0. The maximum atomic E-state index is 11.3. The number of carboxylic acids is 1. The number of ether oxygens (including phenoxy) is 2. The summed E-state index contributed by atoms with van der Waals surface area (Å²) in [5.41, 5.74) is 5.74. The van der Waals surface area contributed by atoms with Crippen LogP contribution >= 0.6 is 0 Å². The van der Waals surface area contributed by atoms with Gasteiger partial charge in [0.25, 0.3) is 0 Å². The molecule has 0 aromatic heterocycles. The third kappa shape index (κ3) is 2.96. The molecule has 3 N–H and O–H groups in total. The molecule has 2 atom stereocenters. The van der Waals surface area contributed by atoms with Gasteiger partial charge in [-0.15, -0.1) is 0 Å². The molecule has 1 aromatic rings. The van der Waals surface area contributed by atoms with Gasteiger partial charge < -0.3 is 20.3 Å². The van der Waals surface area contributed by atoms with Crippen LogP contribution in [0.15, 0.2) is 18.2 Å². The van der Waals surface area contributed by atoms with Crippen molar-refractivity contribution in [2.75, 3.05) is 27.3 Å². The Morgan fingerprint density at radius 1 is 1.43 bits per heavy atom. The molecule has 0 bridgehead atoms. The molecule has 0 spiro atoms. The fourth-order valence-corrected chi connectivity index (χ4v) is 2.73. The van der Waals surface area contributed by atoms with Gasteiger partial charge in [-0.25, -0.2) is 0 Å². The van der Waals surface area contributed by atoms with Crippen molar-refractivity contribution in [1.29, 1.82) is 0 Å². The van der Waals surface area contributed by atoms with E-state index >= 15 is 0 Å². The van der Waals surface area contributed by atoms with E-state index in [0.717, 1.165) is 17.1 Å². The Hall–Kier alpha value is -1.79. The fraction of sp³-hybridized carbons (Fsp3) is 0.533. The molecule has 0 radical (unpaired) electrons. The van der Waals surface area contributed by atoms with Crippen LogP contribution < -0.4 is 15.2 Å². The molecule has 6 nitrogen and oxygen atoms in total. The zero-order valence-electron chi connectivity index (χ0n) is 12.6. The first-order valence-electron chi connectivity index (χ1n) is 6.89. The number of hydrogen-bond acceptors (Lipinski definition) is 5. The number of hydrogen-bond donors (Lipinski definition) is 2. The standard InChI is InChI=1S/C15H22N2O4/c1-10(17-7-6-15(16,9-17)14(18)19)12-8-11(20-2)4-5-13(12)21-3/h4-5,8,10H,6-7,9,16H2,1-3H3,(H,18,19). The van der Waals surface area contributed by atoms with Crippen molar-refractivity contribution in [2.24, 2.45) is 5.73 Å². The van der Waals surface area contributed by atoms with Crippen LogP contribution in [-0.2, 0) is 4.79 Å². The smallest absolute Gasteiger partial charge is 0.325 e. The molecule has 116 valence electrons. The molecular weight excluding hydrogens is 272 g/mol. The molecule has 1 aliphatic rings. The van der Waals surface area contributed by atoms with Gasteiger partial charge >= 0.3 is 5.97 Å². The first-order valence-corrected chi connectivity index (χ1v) is 6.89. The molecule has 6 heteroatoms. The number of rotatable bonds is 5. The molecule has 1 aromatic carbocycles. The largest absolute Gasteiger partial charge is 0.497 e. The topological polar surface area (TPSA) is 85.0 Å². The molecule has 0 saturated carbocycles. The van der Waals surface area contributed by atoms with Crippen molar-refractivity contribution in [3.63, 3.8) is 0 Å². The van der Waals surface area contributed by atoms with Crippen molar-refractivity contribution in [1.82, 2.24) is 4.90 Å². The average Bonchev–Trinajstić information content (AvgIpc) is 2.89. The van der Waals surface area contributed by atoms with Gasteiger partial charge in [0.1, 0.15) is 17.0 Å². The summed E-state index contributed by atoms with van der Waals surface area (Å²) in [7, 11) is 3.23. The second-order valence-electron chi connectivity index (χ2n) is 5.47. The maximum Gasteiger partial charge on any atom is 0.325 e. The van der Waals surface area contributed by atoms with Crippen molar-refractivity contribution >= 4 is 5.97 Å². The SMILES string of the molecule is COc1ccc(OC)c(C(C)N2CCC(N)(C(=O)O)C2)c1. The van der Waals surface area contributed by atoms with Crippen LogP contribution in [0, 0.1) is 0 Å². The van der Waals surface area contributed by atoms with Gasteiger partial charge in [0.15, 0.2) is 0 Å². The molecular formula is C15H22N2O4. The van der Waals surface area contributed by atoms with E-state index in [4.69, 9.17) is 15.2 Å². The number of benzene rings is 1. The fourth-order valence-electron chi connectivity index (χ4n) is 2.73. The first-order chi connectivity index (χ1) is 9.91. The number of nitrogens with zero attached hydrogens (tertiary/aromatic N) is 1. The van der Waals surface area contributed by atoms with Gasteiger partial charge in [0, 0.05) is 24.7 Å². The van der Waals surface area contributed by atoms with Gasteiger partial charge in [-0.3, -0.25) is 9.69 Å². The highest BCUT2D eigenvalue weighted by Crippen LogP contribution is 2.35.